The van der Waals surface area contributed by atoms with Gasteiger partial charge in [-0.05, 0) is 82.1 Å². The molecule has 4 aliphatic carbocycles. The molecule has 160 valence electrons. The van der Waals surface area contributed by atoms with Crippen LogP contribution < -0.4 is 0 Å². The Balaban J connectivity index is 1.69. The number of fused-ring (bicyclic) bond motifs is 6. The molecule has 2 fully saturated rings. The van der Waals surface area contributed by atoms with Crippen LogP contribution in [0.1, 0.15) is 65.7 Å². The maximum atomic E-state index is 13.0. The predicted molar refractivity (Wildman–Crippen MR) is 113 cm³/mol. The maximum Gasteiger partial charge on any atom is 0.159 e. The number of carbonyl (C=O) groups is 1. The van der Waals surface area contributed by atoms with Crippen LogP contribution in [0.25, 0.3) is 0 Å². The third-order valence-electron chi connectivity index (χ3n) is 8.64. The topological polar surface area (TPSA) is 77.8 Å². The second-order valence-corrected chi connectivity index (χ2v) is 10.3. The van der Waals surface area contributed by atoms with Crippen LogP contribution in [0.3, 0.4) is 0 Å². The SMILES string of the molecule is C/C=C/[C@H](O)[C@](C)(O)[C@H]1CC[C@H]2C3=CC(=O)[C@@H]4CC(=CC[C@H](O)C4)[C@H]3CC[C@]12C. The summed E-state index contributed by atoms with van der Waals surface area (Å²) in [7, 11) is 0. The maximum absolute atomic E-state index is 13.0. The summed E-state index contributed by atoms with van der Waals surface area (Å²) in [6.45, 7) is 5.89. The first kappa shape index (κ1) is 21.0. The molecule has 0 unspecified atom stereocenters. The van der Waals surface area contributed by atoms with Gasteiger partial charge in [0, 0.05) is 11.8 Å². The molecule has 4 rings (SSSR count). The number of hydrogen-bond acceptors (Lipinski definition) is 4. The highest BCUT2D eigenvalue weighted by Crippen LogP contribution is 2.63. The zero-order valence-corrected chi connectivity index (χ0v) is 18.0. The minimum absolute atomic E-state index is 0.00985. The first-order chi connectivity index (χ1) is 13.7. The summed E-state index contributed by atoms with van der Waals surface area (Å²) >= 11 is 0. The third-order valence-corrected chi connectivity index (χ3v) is 8.64. The first-order valence-corrected chi connectivity index (χ1v) is 11.3. The summed E-state index contributed by atoms with van der Waals surface area (Å²) in [5.41, 5.74) is 1.29. The normalized spacial score (nSPS) is 42.8. The molecule has 4 nitrogen and oxygen atoms in total. The number of aliphatic hydroxyl groups is 3. The van der Waals surface area contributed by atoms with Crippen LogP contribution in [0.15, 0.2) is 35.5 Å². The summed E-state index contributed by atoms with van der Waals surface area (Å²) in [5, 5.41) is 32.1. The Labute approximate surface area is 174 Å². The average molecular weight is 401 g/mol. The number of rotatable bonds is 3. The van der Waals surface area contributed by atoms with Crippen molar-refractivity contribution in [3.8, 4) is 0 Å². The van der Waals surface area contributed by atoms with Crippen molar-refractivity contribution < 1.29 is 20.1 Å². The van der Waals surface area contributed by atoms with Crippen molar-refractivity contribution in [2.75, 3.05) is 0 Å². The summed E-state index contributed by atoms with van der Waals surface area (Å²) in [5.74, 6) is 0.634. The number of carbonyl (C=O) groups excluding carboxylic acids is 1. The lowest BCUT2D eigenvalue weighted by atomic mass is 9.56. The van der Waals surface area contributed by atoms with E-state index in [1.807, 2.05) is 13.0 Å². The molecule has 0 aromatic rings. The van der Waals surface area contributed by atoms with Gasteiger partial charge in [0.25, 0.3) is 0 Å². The number of ketones is 1. The fourth-order valence-corrected chi connectivity index (χ4v) is 7.09. The smallest absolute Gasteiger partial charge is 0.159 e. The van der Waals surface area contributed by atoms with Crippen molar-refractivity contribution in [1.29, 1.82) is 0 Å². The van der Waals surface area contributed by atoms with Crippen molar-refractivity contribution in [1.82, 2.24) is 0 Å². The van der Waals surface area contributed by atoms with Gasteiger partial charge in [0.15, 0.2) is 5.78 Å². The van der Waals surface area contributed by atoms with Crippen LogP contribution in [-0.2, 0) is 4.79 Å². The molecule has 8 atom stereocenters. The summed E-state index contributed by atoms with van der Waals surface area (Å²) in [6.07, 6.45) is 12.1. The van der Waals surface area contributed by atoms with Gasteiger partial charge in [-0.25, -0.2) is 0 Å². The van der Waals surface area contributed by atoms with E-state index in [1.54, 1.807) is 19.1 Å². The van der Waals surface area contributed by atoms with Crippen LogP contribution in [0.2, 0.25) is 0 Å². The molecule has 3 N–H and O–H groups in total. The third kappa shape index (κ3) is 3.37. The molecule has 2 saturated carbocycles. The Morgan fingerprint density at radius 2 is 2.07 bits per heavy atom. The van der Waals surface area contributed by atoms with Gasteiger partial charge in [-0.1, -0.05) is 36.3 Å². The molecule has 4 aliphatic rings. The van der Waals surface area contributed by atoms with Crippen molar-refractivity contribution in [3.05, 3.63) is 35.5 Å². The molecule has 0 aromatic heterocycles. The van der Waals surface area contributed by atoms with Gasteiger partial charge in [0.05, 0.1) is 11.7 Å². The Hall–Kier alpha value is -1.23. The predicted octanol–water partition coefficient (Wildman–Crippen LogP) is 3.71. The van der Waals surface area contributed by atoms with Gasteiger partial charge in [-0.15, -0.1) is 0 Å². The molecular formula is C25H36O4. The van der Waals surface area contributed by atoms with Crippen molar-refractivity contribution in [2.24, 2.45) is 29.1 Å². The van der Waals surface area contributed by atoms with E-state index in [2.05, 4.69) is 13.0 Å². The molecule has 0 radical (unpaired) electrons. The van der Waals surface area contributed by atoms with Gasteiger partial charge in [-0.2, -0.15) is 0 Å². The van der Waals surface area contributed by atoms with Crippen LogP contribution >= 0.6 is 0 Å². The van der Waals surface area contributed by atoms with E-state index in [4.69, 9.17) is 0 Å². The molecule has 4 heteroatoms. The van der Waals surface area contributed by atoms with Crippen LogP contribution in [-0.4, -0.2) is 38.9 Å². The monoisotopic (exact) mass is 400 g/mol. The quantitative estimate of drug-likeness (QED) is 0.631. The van der Waals surface area contributed by atoms with Gasteiger partial charge >= 0.3 is 0 Å². The largest absolute Gasteiger partial charge is 0.393 e. The van der Waals surface area contributed by atoms with Crippen LogP contribution in [0.4, 0.5) is 0 Å². The number of allylic oxidation sites excluding steroid dienone is 4. The highest BCUT2D eigenvalue weighted by molar-refractivity contribution is 5.93. The molecule has 29 heavy (non-hydrogen) atoms. The molecular weight excluding hydrogens is 364 g/mol. The Morgan fingerprint density at radius 3 is 2.79 bits per heavy atom. The molecule has 0 aliphatic heterocycles. The summed E-state index contributed by atoms with van der Waals surface area (Å²) < 4.78 is 0. The fourth-order valence-electron chi connectivity index (χ4n) is 7.09. The lowest BCUT2D eigenvalue weighted by Crippen LogP contribution is -2.52. The molecule has 0 saturated heterocycles. The van der Waals surface area contributed by atoms with E-state index in [0.29, 0.717) is 18.8 Å². The molecule has 0 aromatic carbocycles. The standard InChI is InChI=1S/C25H36O4/c1-4-5-23(28)25(3,29)22-9-8-20-19-14-21(27)16-12-15(6-7-17(26)13-16)18(19)10-11-24(20,22)2/h4-6,14,16-18,20,22-23,26,28-29H,7-13H2,1-3H3/b5-4+/t16-,17+,18-,20+,22+,23+,24+,25-/m1/s1. The minimum Gasteiger partial charge on any atom is -0.393 e. The summed E-state index contributed by atoms with van der Waals surface area (Å²) in [4.78, 5) is 13.0. The van der Waals surface area contributed by atoms with E-state index < -0.39 is 17.8 Å². The molecule has 0 amide bonds. The summed E-state index contributed by atoms with van der Waals surface area (Å²) in [6, 6.07) is 0. The number of aliphatic hydroxyl groups excluding tert-OH is 2. The lowest BCUT2D eigenvalue weighted by Gasteiger charge is -2.50. The van der Waals surface area contributed by atoms with E-state index in [9.17, 15) is 20.1 Å². The van der Waals surface area contributed by atoms with Gasteiger partial charge in [0.1, 0.15) is 6.10 Å². The second-order valence-electron chi connectivity index (χ2n) is 10.3. The fraction of sp³-hybridized carbons (Fsp3) is 0.720. The Kier molecular flexibility index (Phi) is 5.42. The van der Waals surface area contributed by atoms with E-state index in [0.717, 1.165) is 32.1 Å². The first-order valence-electron chi connectivity index (χ1n) is 11.3. The number of hydrogen-bond donors (Lipinski definition) is 3. The van der Waals surface area contributed by atoms with Gasteiger partial charge in [0.2, 0.25) is 0 Å². The zero-order chi connectivity index (χ0) is 21.0. The van der Waals surface area contributed by atoms with Gasteiger partial charge < -0.3 is 15.3 Å². The average Bonchev–Trinajstić information content (AvgIpc) is 2.82. The molecule has 0 spiro atoms. The molecule has 2 bridgehead atoms. The highest BCUT2D eigenvalue weighted by Gasteiger charge is 2.58. The van der Waals surface area contributed by atoms with Crippen molar-refractivity contribution in [3.63, 3.8) is 0 Å². The van der Waals surface area contributed by atoms with E-state index >= 15 is 0 Å². The van der Waals surface area contributed by atoms with Crippen molar-refractivity contribution >= 4 is 5.78 Å². The minimum atomic E-state index is -1.19. The van der Waals surface area contributed by atoms with E-state index in [1.165, 1.54) is 11.1 Å². The Bertz CT molecular complexity index is 761. The Morgan fingerprint density at radius 1 is 1.31 bits per heavy atom. The van der Waals surface area contributed by atoms with Crippen LogP contribution in [0.5, 0.6) is 0 Å². The van der Waals surface area contributed by atoms with Crippen molar-refractivity contribution in [2.45, 2.75) is 83.5 Å². The second kappa shape index (κ2) is 7.47. The van der Waals surface area contributed by atoms with Crippen LogP contribution in [0, 0.1) is 29.1 Å². The highest BCUT2D eigenvalue weighted by atomic mass is 16.3. The van der Waals surface area contributed by atoms with Gasteiger partial charge in [-0.3, -0.25) is 4.79 Å². The lowest BCUT2D eigenvalue weighted by molar-refractivity contribution is -0.119. The van der Waals surface area contributed by atoms with E-state index in [-0.39, 0.29) is 29.0 Å². The zero-order valence-electron chi connectivity index (χ0n) is 18.0. The molecule has 0 heterocycles.